The van der Waals surface area contributed by atoms with Crippen LogP contribution < -0.4 is 15.4 Å². The summed E-state index contributed by atoms with van der Waals surface area (Å²) in [6, 6.07) is 8.01. The van der Waals surface area contributed by atoms with Gasteiger partial charge in [-0.2, -0.15) is 0 Å². The lowest BCUT2D eigenvalue weighted by atomic mass is 9.87. The second kappa shape index (κ2) is 5.83. The lowest BCUT2D eigenvalue weighted by molar-refractivity contribution is -0.124. The van der Waals surface area contributed by atoms with Crippen molar-refractivity contribution in [3.8, 4) is 5.75 Å². The molecule has 1 saturated heterocycles. The van der Waals surface area contributed by atoms with Crippen LogP contribution in [0.5, 0.6) is 5.75 Å². The SMILES string of the molecule is COc1ccccc1C1CNCC1C(=O)NCC1CC1. The van der Waals surface area contributed by atoms with E-state index in [0.717, 1.165) is 36.9 Å². The minimum Gasteiger partial charge on any atom is -0.496 e. The van der Waals surface area contributed by atoms with Crippen LogP contribution in [0.4, 0.5) is 0 Å². The van der Waals surface area contributed by atoms with Gasteiger partial charge in [0.1, 0.15) is 5.75 Å². The molecule has 108 valence electrons. The number of nitrogens with one attached hydrogen (secondary N) is 2. The van der Waals surface area contributed by atoms with E-state index in [4.69, 9.17) is 4.74 Å². The number of carbonyl (C=O) groups is 1. The molecule has 2 N–H and O–H groups in total. The topological polar surface area (TPSA) is 50.4 Å². The molecule has 2 atom stereocenters. The van der Waals surface area contributed by atoms with E-state index in [0.29, 0.717) is 0 Å². The lowest BCUT2D eigenvalue weighted by Crippen LogP contribution is -2.35. The third kappa shape index (κ3) is 2.80. The molecular formula is C16H22N2O2. The van der Waals surface area contributed by atoms with Crippen molar-refractivity contribution in [1.82, 2.24) is 10.6 Å². The predicted octanol–water partition coefficient (Wildman–Crippen LogP) is 1.52. The van der Waals surface area contributed by atoms with Crippen LogP contribution in [-0.4, -0.2) is 32.7 Å². The molecule has 2 fully saturated rings. The number of rotatable bonds is 5. The van der Waals surface area contributed by atoms with Gasteiger partial charge in [-0.25, -0.2) is 0 Å². The highest BCUT2D eigenvalue weighted by atomic mass is 16.5. The monoisotopic (exact) mass is 274 g/mol. The summed E-state index contributed by atoms with van der Waals surface area (Å²) in [7, 11) is 1.68. The second-order valence-corrected chi connectivity index (χ2v) is 5.80. The minimum atomic E-state index is 0.00468. The maximum Gasteiger partial charge on any atom is 0.225 e. The van der Waals surface area contributed by atoms with Crippen LogP contribution in [-0.2, 0) is 4.79 Å². The molecule has 4 heteroatoms. The molecular weight excluding hydrogens is 252 g/mol. The van der Waals surface area contributed by atoms with Gasteiger partial charge in [-0.1, -0.05) is 18.2 Å². The van der Waals surface area contributed by atoms with E-state index < -0.39 is 0 Å². The molecule has 2 aliphatic rings. The van der Waals surface area contributed by atoms with E-state index >= 15 is 0 Å². The smallest absolute Gasteiger partial charge is 0.225 e. The van der Waals surface area contributed by atoms with E-state index in [1.54, 1.807) is 7.11 Å². The van der Waals surface area contributed by atoms with Crippen LogP contribution in [0.2, 0.25) is 0 Å². The maximum atomic E-state index is 12.4. The molecule has 0 radical (unpaired) electrons. The highest BCUT2D eigenvalue weighted by molar-refractivity contribution is 5.80. The van der Waals surface area contributed by atoms with Crippen molar-refractivity contribution in [3.63, 3.8) is 0 Å². The Bertz CT molecular complexity index is 485. The van der Waals surface area contributed by atoms with Gasteiger partial charge >= 0.3 is 0 Å². The fraction of sp³-hybridized carbons (Fsp3) is 0.562. The molecule has 20 heavy (non-hydrogen) atoms. The summed E-state index contributed by atoms with van der Waals surface area (Å²) < 4.78 is 5.43. The van der Waals surface area contributed by atoms with Gasteiger partial charge in [-0.05, 0) is 30.4 Å². The number of ether oxygens (including phenoxy) is 1. The van der Waals surface area contributed by atoms with Crippen molar-refractivity contribution < 1.29 is 9.53 Å². The largest absolute Gasteiger partial charge is 0.496 e. The maximum absolute atomic E-state index is 12.4. The van der Waals surface area contributed by atoms with Crippen LogP contribution >= 0.6 is 0 Å². The van der Waals surface area contributed by atoms with E-state index in [1.807, 2.05) is 18.2 Å². The van der Waals surface area contributed by atoms with Gasteiger partial charge in [-0.15, -0.1) is 0 Å². The molecule has 1 heterocycles. The van der Waals surface area contributed by atoms with Crippen LogP contribution in [0, 0.1) is 11.8 Å². The van der Waals surface area contributed by atoms with Crippen molar-refractivity contribution in [2.75, 3.05) is 26.7 Å². The van der Waals surface area contributed by atoms with Gasteiger partial charge in [0, 0.05) is 25.6 Å². The fourth-order valence-electron chi connectivity index (χ4n) is 2.95. The first-order valence-electron chi connectivity index (χ1n) is 7.41. The molecule has 0 aromatic heterocycles. The Hall–Kier alpha value is -1.55. The average molecular weight is 274 g/mol. The normalized spacial score (nSPS) is 25.4. The summed E-state index contributed by atoms with van der Waals surface area (Å²) in [6.07, 6.45) is 2.53. The standard InChI is InChI=1S/C16H22N2O2/c1-20-15-5-3-2-4-12(15)13-9-17-10-14(13)16(19)18-8-11-6-7-11/h2-5,11,13-14,17H,6-10H2,1H3,(H,18,19). The number of carbonyl (C=O) groups excluding carboxylic acids is 1. The summed E-state index contributed by atoms with van der Waals surface area (Å²) in [5, 5.41) is 6.44. The van der Waals surface area contributed by atoms with Crippen molar-refractivity contribution >= 4 is 5.91 Å². The first kappa shape index (κ1) is 13.4. The van der Waals surface area contributed by atoms with Crippen LogP contribution in [0.3, 0.4) is 0 Å². The molecule has 2 unspecified atom stereocenters. The number of para-hydroxylation sites is 1. The molecule has 1 aromatic carbocycles. The van der Waals surface area contributed by atoms with Gasteiger partial charge in [0.15, 0.2) is 0 Å². The third-order valence-electron chi connectivity index (χ3n) is 4.35. The van der Waals surface area contributed by atoms with Gasteiger partial charge in [0.2, 0.25) is 5.91 Å². The van der Waals surface area contributed by atoms with E-state index in [1.165, 1.54) is 12.8 Å². The van der Waals surface area contributed by atoms with Crippen molar-refractivity contribution in [1.29, 1.82) is 0 Å². The van der Waals surface area contributed by atoms with E-state index in [-0.39, 0.29) is 17.7 Å². The summed E-state index contributed by atoms with van der Waals surface area (Å²) in [6.45, 7) is 2.43. The Morgan fingerprint density at radius 3 is 2.90 bits per heavy atom. The molecule has 3 rings (SSSR count). The number of methoxy groups -OCH3 is 1. The first-order valence-corrected chi connectivity index (χ1v) is 7.41. The summed E-state index contributed by atoms with van der Waals surface area (Å²) in [5.41, 5.74) is 1.13. The Morgan fingerprint density at radius 2 is 2.15 bits per heavy atom. The third-order valence-corrected chi connectivity index (χ3v) is 4.35. The van der Waals surface area contributed by atoms with E-state index in [9.17, 15) is 4.79 Å². The lowest BCUT2D eigenvalue weighted by Gasteiger charge is -2.20. The average Bonchev–Trinajstić information content (AvgIpc) is 3.19. The quantitative estimate of drug-likeness (QED) is 0.856. The summed E-state index contributed by atoms with van der Waals surface area (Å²) in [5.74, 6) is 1.98. The molecule has 1 amide bonds. The molecule has 1 aromatic rings. The Kier molecular flexibility index (Phi) is 3.92. The molecule has 4 nitrogen and oxygen atoms in total. The summed E-state index contributed by atoms with van der Waals surface area (Å²) in [4.78, 5) is 12.4. The number of hydrogen-bond acceptors (Lipinski definition) is 3. The zero-order valence-electron chi connectivity index (χ0n) is 11.9. The van der Waals surface area contributed by atoms with Crippen molar-refractivity contribution in [2.45, 2.75) is 18.8 Å². The Balaban J connectivity index is 1.72. The van der Waals surface area contributed by atoms with Gasteiger partial charge in [0.05, 0.1) is 13.0 Å². The highest BCUT2D eigenvalue weighted by Crippen LogP contribution is 2.34. The Labute approximate surface area is 119 Å². The van der Waals surface area contributed by atoms with Crippen LogP contribution in [0.15, 0.2) is 24.3 Å². The molecule has 1 saturated carbocycles. The fourth-order valence-corrected chi connectivity index (χ4v) is 2.95. The van der Waals surface area contributed by atoms with E-state index in [2.05, 4.69) is 16.7 Å². The van der Waals surface area contributed by atoms with Crippen molar-refractivity contribution in [3.05, 3.63) is 29.8 Å². The van der Waals surface area contributed by atoms with Gasteiger partial charge < -0.3 is 15.4 Å². The van der Waals surface area contributed by atoms with Crippen molar-refractivity contribution in [2.24, 2.45) is 11.8 Å². The summed E-state index contributed by atoms with van der Waals surface area (Å²) >= 11 is 0. The zero-order valence-corrected chi connectivity index (χ0v) is 11.9. The molecule has 1 aliphatic carbocycles. The van der Waals surface area contributed by atoms with Crippen LogP contribution in [0.1, 0.15) is 24.3 Å². The molecule has 0 bridgehead atoms. The molecule has 0 spiro atoms. The zero-order chi connectivity index (χ0) is 13.9. The number of hydrogen-bond donors (Lipinski definition) is 2. The highest BCUT2D eigenvalue weighted by Gasteiger charge is 2.35. The number of amides is 1. The van der Waals surface area contributed by atoms with Crippen LogP contribution in [0.25, 0.3) is 0 Å². The minimum absolute atomic E-state index is 0.00468. The second-order valence-electron chi connectivity index (χ2n) is 5.80. The Morgan fingerprint density at radius 1 is 1.35 bits per heavy atom. The van der Waals surface area contributed by atoms with Gasteiger partial charge in [0.25, 0.3) is 0 Å². The predicted molar refractivity (Wildman–Crippen MR) is 77.8 cm³/mol. The molecule has 1 aliphatic heterocycles. The first-order chi connectivity index (χ1) is 9.79. The number of benzene rings is 1. The van der Waals surface area contributed by atoms with Gasteiger partial charge in [-0.3, -0.25) is 4.79 Å².